The standard InChI is InChI=1S/C15H21ClN2O2S/c16-13-5-1-2-6-14(13)21(19,20)18-10-4-8-15(12-18)7-3-9-17-11-15/h1-2,5-6,17H,3-4,7-12H2. The second-order valence-corrected chi connectivity index (χ2v) is 8.47. The number of hydrogen-bond donors (Lipinski definition) is 1. The second kappa shape index (κ2) is 5.88. The van der Waals surface area contributed by atoms with Gasteiger partial charge in [-0.15, -0.1) is 0 Å². The van der Waals surface area contributed by atoms with Crippen molar-refractivity contribution in [3.8, 4) is 0 Å². The Labute approximate surface area is 131 Å². The van der Waals surface area contributed by atoms with Gasteiger partial charge in [0.2, 0.25) is 10.0 Å². The molecule has 2 aliphatic rings. The Morgan fingerprint density at radius 3 is 2.67 bits per heavy atom. The maximum absolute atomic E-state index is 12.9. The van der Waals surface area contributed by atoms with E-state index in [0.717, 1.165) is 38.8 Å². The lowest BCUT2D eigenvalue weighted by atomic mass is 9.75. The van der Waals surface area contributed by atoms with E-state index in [0.29, 0.717) is 18.1 Å². The number of nitrogens with one attached hydrogen (secondary N) is 1. The summed E-state index contributed by atoms with van der Waals surface area (Å²) in [6.45, 7) is 3.16. The quantitative estimate of drug-likeness (QED) is 0.907. The van der Waals surface area contributed by atoms with Crippen molar-refractivity contribution >= 4 is 21.6 Å². The first kappa shape index (κ1) is 15.3. The fourth-order valence-corrected chi connectivity index (χ4v) is 5.62. The SMILES string of the molecule is O=S(=O)(c1ccccc1Cl)N1CCCC2(CCCNC2)C1. The van der Waals surface area contributed by atoms with E-state index in [9.17, 15) is 8.42 Å². The Bertz CT molecular complexity index is 606. The van der Waals surface area contributed by atoms with E-state index in [-0.39, 0.29) is 10.3 Å². The topological polar surface area (TPSA) is 49.4 Å². The summed E-state index contributed by atoms with van der Waals surface area (Å²) in [5, 5.41) is 3.73. The molecule has 0 bridgehead atoms. The molecule has 1 spiro atoms. The van der Waals surface area contributed by atoms with Gasteiger partial charge in [-0.2, -0.15) is 4.31 Å². The van der Waals surface area contributed by atoms with Crippen LogP contribution in [-0.4, -0.2) is 38.9 Å². The molecule has 0 radical (unpaired) electrons. The minimum absolute atomic E-state index is 0.102. The highest BCUT2D eigenvalue weighted by molar-refractivity contribution is 7.89. The van der Waals surface area contributed by atoms with Gasteiger partial charge in [0, 0.05) is 19.6 Å². The van der Waals surface area contributed by atoms with Crippen molar-refractivity contribution in [2.24, 2.45) is 5.41 Å². The van der Waals surface area contributed by atoms with Crippen molar-refractivity contribution in [2.45, 2.75) is 30.6 Å². The molecule has 2 heterocycles. The van der Waals surface area contributed by atoms with Crippen LogP contribution < -0.4 is 5.32 Å². The van der Waals surface area contributed by atoms with Gasteiger partial charge >= 0.3 is 0 Å². The molecule has 1 N–H and O–H groups in total. The molecule has 4 nitrogen and oxygen atoms in total. The largest absolute Gasteiger partial charge is 0.316 e. The van der Waals surface area contributed by atoms with Crippen LogP contribution in [0.3, 0.4) is 0 Å². The van der Waals surface area contributed by atoms with Crippen LogP contribution in [0, 0.1) is 5.41 Å². The fourth-order valence-electron chi connectivity index (χ4n) is 3.54. The van der Waals surface area contributed by atoms with Gasteiger partial charge in [-0.3, -0.25) is 0 Å². The zero-order valence-corrected chi connectivity index (χ0v) is 13.6. The third-order valence-electron chi connectivity index (χ3n) is 4.64. The molecule has 1 aromatic carbocycles. The number of benzene rings is 1. The van der Waals surface area contributed by atoms with Gasteiger partial charge in [-0.25, -0.2) is 8.42 Å². The summed E-state index contributed by atoms with van der Waals surface area (Å²) in [6.07, 6.45) is 4.26. The molecular weight excluding hydrogens is 308 g/mol. The summed E-state index contributed by atoms with van der Waals surface area (Å²) in [5.74, 6) is 0. The molecule has 2 fully saturated rings. The molecule has 0 aromatic heterocycles. The molecule has 1 unspecified atom stereocenters. The Balaban J connectivity index is 1.87. The number of nitrogens with zero attached hydrogens (tertiary/aromatic N) is 1. The van der Waals surface area contributed by atoms with Gasteiger partial charge in [0.25, 0.3) is 0 Å². The molecule has 1 aromatic rings. The summed E-state index contributed by atoms with van der Waals surface area (Å²) in [6, 6.07) is 6.71. The molecule has 2 saturated heterocycles. The Morgan fingerprint density at radius 2 is 1.95 bits per heavy atom. The zero-order valence-electron chi connectivity index (χ0n) is 12.0. The van der Waals surface area contributed by atoms with Gasteiger partial charge < -0.3 is 5.32 Å². The van der Waals surface area contributed by atoms with Crippen molar-refractivity contribution in [3.05, 3.63) is 29.3 Å². The summed E-state index contributed by atoms with van der Waals surface area (Å²) in [5.41, 5.74) is 0.102. The highest BCUT2D eigenvalue weighted by Crippen LogP contribution is 2.38. The summed E-state index contributed by atoms with van der Waals surface area (Å²) in [7, 11) is -3.49. The fraction of sp³-hybridized carbons (Fsp3) is 0.600. The zero-order chi connectivity index (χ0) is 14.9. The van der Waals surface area contributed by atoms with E-state index in [1.54, 1.807) is 28.6 Å². The van der Waals surface area contributed by atoms with Crippen LogP contribution in [0.15, 0.2) is 29.2 Å². The summed E-state index contributed by atoms with van der Waals surface area (Å²) >= 11 is 6.09. The average molecular weight is 329 g/mol. The van der Waals surface area contributed by atoms with E-state index in [1.165, 1.54) is 0 Å². The number of hydrogen-bond acceptors (Lipinski definition) is 3. The average Bonchev–Trinajstić information content (AvgIpc) is 2.48. The van der Waals surface area contributed by atoms with Crippen molar-refractivity contribution < 1.29 is 8.42 Å². The molecule has 2 aliphatic heterocycles. The monoisotopic (exact) mass is 328 g/mol. The van der Waals surface area contributed by atoms with Gasteiger partial charge in [0.15, 0.2) is 0 Å². The molecule has 6 heteroatoms. The third kappa shape index (κ3) is 2.97. The maximum atomic E-state index is 12.9. The molecule has 0 saturated carbocycles. The predicted molar refractivity (Wildman–Crippen MR) is 84.0 cm³/mol. The van der Waals surface area contributed by atoms with Gasteiger partial charge in [-0.05, 0) is 49.8 Å². The lowest BCUT2D eigenvalue weighted by Gasteiger charge is -2.44. The second-order valence-electron chi connectivity index (χ2n) is 6.15. The molecular formula is C15H21ClN2O2S. The van der Waals surface area contributed by atoms with Gasteiger partial charge in [0.05, 0.1) is 5.02 Å². The number of rotatable bonds is 2. The van der Waals surface area contributed by atoms with Crippen molar-refractivity contribution in [1.82, 2.24) is 9.62 Å². The van der Waals surface area contributed by atoms with Gasteiger partial charge in [-0.1, -0.05) is 23.7 Å². The van der Waals surface area contributed by atoms with E-state index in [1.807, 2.05) is 0 Å². The van der Waals surface area contributed by atoms with Crippen LogP contribution in [0.2, 0.25) is 5.02 Å². The first-order valence-corrected chi connectivity index (χ1v) is 9.31. The van der Waals surface area contributed by atoms with Crippen LogP contribution in [0.4, 0.5) is 0 Å². The Kier molecular flexibility index (Phi) is 4.28. The summed E-state index contributed by atoms with van der Waals surface area (Å²) in [4.78, 5) is 0.229. The molecule has 0 aliphatic carbocycles. The normalized spacial score (nSPS) is 27.9. The minimum Gasteiger partial charge on any atom is -0.316 e. The van der Waals surface area contributed by atoms with E-state index in [2.05, 4.69) is 5.32 Å². The summed E-state index contributed by atoms with van der Waals surface area (Å²) < 4.78 is 27.3. The van der Waals surface area contributed by atoms with E-state index < -0.39 is 10.0 Å². The molecule has 1 atom stereocenters. The van der Waals surface area contributed by atoms with Crippen LogP contribution in [0.5, 0.6) is 0 Å². The molecule has 0 amide bonds. The van der Waals surface area contributed by atoms with Gasteiger partial charge in [0.1, 0.15) is 4.90 Å². The molecule has 116 valence electrons. The van der Waals surface area contributed by atoms with Crippen molar-refractivity contribution in [3.63, 3.8) is 0 Å². The highest BCUT2D eigenvalue weighted by atomic mass is 35.5. The predicted octanol–water partition coefficient (Wildman–Crippen LogP) is 2.49. The van der Waals surface area contributed by atoms with Crippen LogP contribution in [0.1, 0.15) is 25.7 Å². The molecule has 21 heavy (non-hydrogen) atoms. The number of halogens is 1. The lowest BCUT2D eigenvalue weighted by Crippen LogP contribution is -2.52. The lowest BCUT2D eigenvalue weighted by molar-refractivity contribution is 0.110. The number of sulfonamides is 1. The molecule has 3 rings (SSSR count). The Morgan fingerprint density at radius 1 is 1.19 bits per heavy atom. The van der Waals surface area contributed by atoms with E-state index >= 15 is 0 Å². The highest BCUT2D eigenvalue weighted by Gasteiger charge is 2.41. The third-order valence-corrected chi connectivity index (χ3v) is 6.99. The van der Waals surface area contributed by atoms with Crippen molar-refractivity contribution in [1.29, 1.82) is 0 Å². The smallest absolute Gasteiger partial charge is 0.244 e. The van der Waals surface area contributed by atoms with Crippen molar-refractivity contribution in [2.75, 3.05) is 26.2 Å². The van der Waals surface area contributed by atoms with Crippen LogP contribution >= 0.6 is 11.6 Å². The van der Waals surface area contributed by atoms with E-state index in [4.69, 9.17) is 11.6 Å². The first-order chi connectivity index (χ1) is 10.0. The van der Waals surface area contributed by atoms with Crippen LogP contribution in [0.25, 0.3) is 0 Å². The maximum Gasteiger partial charge on any atom is 0.244 e. The minimum atomic E-state index is -3.49. The van der Waals surface area contributed by atoms with Crippen LogP contribution in [-0.2, 0) is 10.0 Å². The first-order valence-electron chi connectivity index (χ1n) is 7.49. The Hall–Kier alpha value is -0.620. The number of piperidine rings is 2.